The molecule has 3 heteroatoms. The van der Waals surface area contributed by atoms with E-state index in [0.29, 0.717) is 13.2 Å². The molecule has 0 aromatic heterocycles. The lowest BCUT2D eigenvalue weighted by molar-refractivity contribution is -0.0613. The van der Waals surface area contributed by atoms with Gasteiger partial charge in [0.25, 0.3) is 0 Å². The minimum Gasteiger partial charge on any atom is -0.465 e. The molecule has 0 aliphatic carbocycles. The quantitative estimate of drug-likeness (QED) is 0.681. The van der Waals surface area contributed by atoms with Crippen molar-refractivity contribution in [2.24, 2.45) is 0 Å². The summed E-state index contributed by atoms with van der Waals surface area (Å²) in [4.78, 5) is 0. The standard InChI is InChI=1S/C14H20O3/c1-4-16-12(2)17-14-9-7-13(8-10-14)6-5-11-15-3/h5-10,12H,4,11H2,1-3H3. The molecule has 0 bridgehead atoms. The Morgan fingerprint density at radius 2 is 1.94 bits per heavy atom. The topological polar surface area (TPSA) is 27.7 Å². The smallest absolute Gasteiger partial charge is 0.196 e. The van der Waals surface area contributed by atoms with Crippen molar-refractivity contribution in [3.05, 3.63) is 35.9 Å². The van der Waals surface area contributed by atoms with E-state index in [4.69, 9.17) is 14.2 Å². The lowest BCUT2D eigenvalue weighted by Gasteiger charge is -2.14. The number of hydrogen-bond donors (Lipinski definition) is 0. The van der Waals surface area contributed by atoms with Gasteiger partial charge in [-0.3, -0.25) is 0 Å². The summed E-state index contributed by atoms with van der Waals surface area (Å²) in [6.07, 6.45) is 3.77. The first-order valence-corrected chi connectivity index (χ1v) is 5.80. The zero-order valence-corrected chi connectivity index (χ0v) is 10.7. The summed E-state index contributed by atoms with van der Waals surface area (Å²) in [5, 5.41) is 0. The van der Waals surface area contributed by atoms with Crippen molar-refractivity contribution in [3.8, 4) is 5.75 Å². The monoisotopic (exact) mass is 236 g/mol. The summed E-state index contributed by atoms with van der Waals surface area (Å²) in [6.45, 7) is 5.11. The van der Waals surface area contributed by atoms with Crippen LogP contribution < -0.4 is 4.74 Å². The first-order valence-electron chi connectivity index (χ1n) is 5.80. The first kappa shape index (κ1) is 13.7. The van der Waals surface area contributed by atoms with Crippen molar-refractivity contribution in [1.29, 1.82) is 0 Å². The van der Waals surface area contributed by atoms with Crippen molar-refractivity contribution in [3.63, 3.8) is 0 Å². The Bertz CT molecular complexity index is 330. The molecule has 1 atom stereocenters. The Balaban J connectivity index is 2.49. The van der Waals surface area contributed by atoms with Crippen LogP contribution in [0, 0.1) is 0 Å². The van der Waals surface area contributed by atoms with Crippen LogP contribution in [0.1, 0.15) is 19.4 Å². The largest absolute Gasteiger partial charge is 0.465 e. The molecule has 0 fully saturated rings. The zero-order chi connectivity index (χ0) is 12.5. The van der Waals surface area contributed by atoms with E-state index in [9.17, 15) is 0 Å². The van der Waals surface area contributed by atoms with E-state index in [1.54, 1.807) is 7.11 Å². The van der Waals surface area contributed by atoms with E-state index in [1.807, 2.05) is 50.3 Å². The molecule has 0 N–H and O–H groups in total. The highest BCUT2D eigenvalue weighted by Gasteiger charge is 2.01. The van der Waals surface area contributed by atoms with E-state index in [-0.39, 0.29) is 6.29 Å². The van der Waals surface area contributed by atoms with Crippen molar-refractivity contribution < 1.29 is 14.2 Å². The van der Waals surface area contributed by atoms with Crippen molar-refractivity contribution >= 4 is 6.08 Å². The molecule has 1 rings (SSSR count). The number of methoxy groups -OCH3 is 1. The molecule has 0 spiro atoms. The van der Waals surface area contributed by atoms with Gasteiger partial charge in [-0.25, -0.2) is 0 Å². The Morgan fingerprint density at radius 3 is 2.53 bits per heavy atom. The third-order valence-corrected chi connectivity index (χ3v) is 2.16. The van der Waals surface area contributed by atoms with Gasteiger partial charge in [0.2, 0.25) is 0 Å². The molecule has 0 aliphatic heterocycles. The molecule has 0 aliphatic rings. The number of hydrogen-bond acceptors (Lipinski definition) is 3. The van der Waals surface area contributed by atoms with Gasteiger partial charge in [-0.2, -0.15) is 0 Å². The molecule has 1 aromatic rings. The molecule has 1 unspecified atom stereocenters. The summed E-state index contributed by atoms with van der Waals surface area (Å²) >= 11 is 0. The normalized spacial score (nSPS) is 12.9. The molecule has 0 saturated carbocycles. The maximum absolute atomic E-state index is 5.56. The van der Waals surface area contributed by atoms with Crippen LogP contribution in [0.4, 0.5) is 0 Å². The Labute approximate surface area is 103 Å². The molecule has 1 aromatic carbocycles. The summed E-state index contributed by atoms with van der Waals surface area (Å²) in [7, 11) is 1.68. The molecule has 0 saturated heterocycles. The molecular weight excluding hydrogens is 216 g/mol. The Hall–Kier alpha value is -1.32. The van der Waals surface area contributed by atoms with Crippen molar-refractivity contribution in [2.45, 2.75) is 20.1 Å². The van der Waals surface area contributed by atoms with Crippen molar-refractivity contribution in [1.82, 2.24) is 0 Å². The number of ether oxygens (including phenoxy) is 3. The average molecular weight is 236 g/mol. The molecular formula is C14H20O3. The fourth-order valence-corrected chi connectivity index (χ4v) is 1.40. The van der Waals surface area contributed by atoms with Gasteiger partial charge >= 0.3 is 0 Å². The fraction of sp³-hybridized carbons (Fsp3) is 0.429. The van der Waals surface area contributed by atoms with Gasteiger partial charge in [0.1, 0.15) is 5.75 Å². The average Bonchev–Trinajstić information content (AvgIpc) is 2.32. The van der Waals surface area contributed by atoms with Crippen LogP contribution in [0.3, 0.4) is 0 Å². The predicted octanol–water partition coefficient (Wildman–Crippen LogP) is 3.11. The molecule has 3 nitrogen and oxygen atoms in total. The highest BCUT2D eigenvalue weighted by molar-refractivity contribution is 5.50. The maximum Gasteiger partial charge on any atom is 0.196 e. The Kier molecular flexibility index (Phi) is 6.37. The third kappa shape index (κ3) is 5.52. The van der Waals surface area contributed by atoms with E-state index in [1.165, 1.54) is 0 Å². The van der Waals surface area contributed by atoms with Gasteiger partial charge in [0.05, 0.1) is 6.61 Å². The zero-order valence-electron chi connectivity index (χ0n) is 10.7. The van der Waals surface area contributed by atoms with E-state index < -0.39 is 0 Å². The minimum atomic E-state index is -0.213. The lowest BCUT2D eigenvalue weighted by Crippen LogP contribution is -2.15. The van der Waals surface area contributed by atoms with Crippen molar-refractivity contribution in [2.75, 3.05) is 20.3 Å². The maximum atomic E-state index is 5.56. The molecule has 0 amide bonds. The third-order valence-electron chi connectivity index (χ3n) is 2.16. The second kappa shape index (κ2) is 7.87. The summed E-state index contributed by atoms with van der Waals surface area (Å²) in [5.41, 5.74) is 1.12. The summed E-state index contributed by atoms with van der Waals surface area (Å²) in [6, 6.07) is 7.87. The fourth-order valence-electron chi connectivity index (χ4n) is 1.40. The van der Waals surface area contributed by atoms with Crippen LogP contribution in [0.15, 0.2) is 30.3 Å². The van der Waals surface area contributed by atoms with Gasteiger partial charge in [-0.15, -0.1) is 0 Å². The number of rotatable bonds is 7. The molecule has 94 valence electrons. The van der Waals surface area contributed by atoms with E-state index >= 15 is 0 Å². The van der Waals surface area contributed by atoms with Gasteiger partial charge in [-0.1, -0.05) is 24.3 Å². The Morgan fingerprint density at radius 1 is 1.24 bits per heavy atom. The van der Waals surface area contributed by atoms with Crippen LogP contribution in [0.25, 0.3) is 6.08 Å². The van der Waals surface area contributed by atoms with Gasteiger partial charge in [0.15, 0.2) is 6.29 Å². The van der Waals surface area contributed by atoms with E-state index in [0.717, 1.165) is 11.3 Å². The SMILES string of the molecule is CCOC(C)Oc1ccc(C=CCOC)cc1. The molecule has 17 heavy (non-hydrogen) atoms. The van der Waals surface area contributed by atoms with Crippen LogP contribution >= 0.6 is 0 Å². The minimum absolute atomic E-state index is 0.213. The lowest BCUT2D eigenvalue weighted by atomic mass is 10.2. The summed E-state index contributed by atoms with van der Waals surface area (Å²) < 4.78 is 15.8. The highest BCUT2D eigenvalue weighted by Crippen LogP contribution is 2.15. The second-order valence-corrected chi connectivity index (χ2v) is 3.57. The van der Waals surface area contributed by atoms with E-state index in [2.05, 4.69) is 0 Å². The molecule has 0 radical (unpaired) electrons. The van der Waals surface area contributed by atoms with Crippen LogP contribution in [0.2, 0.25) is 0 Å². The highest BCUT2D eigenvalue weighted by atomic mass is 16.7. The second-order valence-electron chi connectivity index (χ2n) is 3.57. The van der Waals surface area contributed by atoms with Crippen LogP contribution in [0.5, 0.6) is 5.75 Å². The van der Waals surface area contributed by atoms with Crippen LogP contribution in [-0.4, -0.2) is 26.6 Å². The number of benzene rings is 1. The van der Waals surface area contributed by atoms with Gasteiger partial charge < -0.3 is 14.2 Å². The predicted molar refractivity (Wildman–Crippen MR) is 69.1 cm³/mol. The van der Waals surface area contributed by atoms with Gasteiger partial charge in [0, 0.05) is 13.7 Å². The van der Waals surface area contributed by atoms with Gasteiger partial charge in [-0.05, 0) is 31.5 Å². The first-order chi connectivity index (χ1) is 8.26. The summed E-state index contributed by atoms with van der Waals surface area (Å²) in [5.74, 6) is 0.815. The van der Waals surface area contributed by atoms with Crippen LogP contribution in [-0.2, 0) is 9.47 Å². The molecule has 0 heterocycles.